The average Bonchev–Trinajstić information content (AvgIpc) is 2.78. The second-order valence-corrected chi connectivity index (χ2v) is 4.71. The van der Waals surface area contributed by atoms with Crippen molar-refractivity contribution in [3.05, 3.63) is 23.5 Å². The molecule has 1 aromatic rings. The number of nitrogens with zero attached hydrogens (tertiary/aromatic N) is 1. The number of hydrogen-bond acceptors (Lipinski definition) is 3. The van der Waals surface area contributed by atoms with E-state index in [0.29, 0.717) is 11.6 Å². The quantitative estimate of drug-likeness (QED) is 0.840. The van der Waals surface area contributed by atoms with E-state index >= 15 is 0 Å². The maximum absolute atomic E-state index is 11.0. The van der Waals surface area contributed by atoms with Crippen LogP contribution < -0.4 is 5.32 Å². The summed E-state index contributed by atoms with van der Waals surface area (Å²) in [6.45, 7) is 2.73. The number of rotatable bonds is 4. The van der Waals surface area contributed by atoms with Gasteiger partial charge in [0, 0.05) is 18.4 Å². The predicted octanol–water partition coefficient (Wildman–Crippen LogP) is 2.69. The predicted molar refractivity (Wildman–Crippen MR) is 66.4 cm³/mol. The van der Waals surface area contributed by atoms with Crippen LogP contribution in [0.2, 0.25) is 0 Å². The molecule has 2 rings (SSSR count). The number of pyridine rings is 1. The smallest absolute Gasteiger partial charge is 0.339 e. The fourth-order valence-corrected chi connectivity index (χ4v) is 2.35. The Labute approximate surface area is 101 Å². The molecule has 4 nitrogen and oxygen atoms in total. The third kappa shape index (κ3) is 2.96. The number of hydrogen-bond donors (Lipinski definition) is 2. The van der Waals surface area contributed by atoms with Gasteiger partial charge in [-0.05, 0) is 31.7 Å². The van der Waals surface area contributed by atoms with Crippen molar-refractivity contribution in [1.29, 1.82) is 0 Å². The lowest BCUT2D eigenvalue weighted by molar-refractivity contribution is 0.0697. The van der Waals surface area contributed by atoms with Gasteiger partial charge in [-0.25, -0.2) is 4.79 Å². The first kappa shape index (κ1) is 11.9. The van der Waals surface area contributed by atoms with Gasteiger partial charge in [0.2, 0.25) is 0 Å². The Hall–Kier alpha value is -1.58. The van der Waals surface area contributed by atoms with Crippen LogP contribution in [-0.2, 0) is 0 Å². The third-order valence-electron chi connectivity index (χ3n) is 3.33. The van der Waals surface area contributed by atoms with Crippen LogP contribution in [0, 0.1) is 12.8 Å². The first-order valence-corrected chi connectivity index (χ1v) is 6.10. The topological polar surface area (TPSA) is 62.2 Å². The minimum Gasteiger partial charge on any atom is -0.478 e. The second kappa shape index (κ2) is 5.17. The van der Waals surface area contributed by atoms with Crippen LogP contribution in [0.25, 0.3) is 0 Å². The molecule has 0 aliphatic heterocycles. The van der Waals surface area contributed by atoms with Gasteiger partial charge in [-0.2, -0.15) is 0 Å². The molecule has 1 fully saturated rings. The Morgan fingerprint density at radius 1 is 1.53 bits per heavy atom. The highest BCUT2D eigenvalue weighted by Crippen LogP contribution is 2.25. The molecule has 0 atom stereocenters. The molecule has 1 aliphatic carbocycles. The molecule has 2 N–H and O–H groups in total. The van der Waals surface area contributed by atoms with E-state index in [9.17, 15) is 4.79 Å². The van der Waals surface area contributed by atoms with E-state index in [1.54, 1.807) is 6.07 Å². The molecule has 92 valence electrons. The highest BCUT2D eigenvalue weighted by molar-refractivity contribution is 5.93. The summed E-state index contributed by atoms with van der Waals surface area (Å²) in [5.74, 6) is -0.239. The number of anilines is 1. The largest absolute Gasteiger partial charge is 0.478 e. The Balaban J connectivity index is 2.07. The van der Waals surface area contributed by atoms with Gasteiger partial charge in [0.05, 0.1) is 5.69 Å². The zero-order valence-corrected chi connectivity index (χ0v) is 10.1. The van der Waals surface area contributed by atoms with Crippen molar-refractivity contribution in [1.82, 2.24) is 4.98 Å². The molecule has 0 spiro atoms. The maximum atomic E-state index is 11.0. The SMILES string of the molecule is Cc1cc(NCC2CCCC2)c(C(=O)O)cn1. The van der Waals surface area contributed by atoms with E-state index in [2.05, 4.69) is 10.3 Å². The minimum absolute atomic E-state index is 0.258. The lowest BCUT2D eigenvalue weighted by atomic mass is 10.1. The van der Waals surface area contributed by atoms with E-state index < -0.39 is 5.97 Å². The maximum Gasteiger partial charge on any atom is 0.339 e. The van der Waals surface area contributed by atoms with Crippen LogP contribution in [0.15, 0.2) is 12.3 Å². The van der Waals surface area contributed by atoms with Crippen molar-refractivity contribution >= 4 is 11.7 Å². The standard InChI is InChI=1S/C13H18N2O2/c1-9-6-12(11(8-14-9)13(16)17)15-7-10-4-2-3-5-10/h6,8,10H,2-5,7H2,1H3,(H,14,15)(H,16,17). The molecule has 1 saturated carbocycles. The summed E-state index contributed by atoms with van der Waals surface area (Å²) in [4.78, 5) is 15.1. The van der Waals surface area contributed by atoms with E-state index in [0.717, 1.165) is 12.2 Å². The number of aromatic nitrogens is 1. The van der Waals surface area contributed by atoms with Crippen molar-refractivity contribution in [2.24, 2.45) is 5.92 Å². The van der Waals surface area contributed by atoms with E-state index in [1.807, 2.05) is 6.92 Å². The van der Waals surface area contributed by atoms with Crippen molar-refractivity contribution < 1.29 is 9.90 Å². The molecule has 0 unspecified atom stereocenters. The molecule has 0 amide bonds. The van der Waals surface area contributed by atoms with Crippen LogP contribution in [0.3, 0.4) is 0 Å². The van der Waals surface area contributed by atoms with Gasteiger partial charge in [0.15, 0.2) is 0 Å². The number of carbonyl (C=O) groups is 1. The summed E-state index contributed by atoms with van der Waals surface area (Å²) in [7, 11) is 0. The number of carboxylic acid groups (broad SMARTS) is 1. The fourth-order valence-electron chi connectivity index (χ4n) is 2.35. The summed E-state index contributed by atoms with van der Waals surface area (Å²) in [6.07, 6.45) is 6.52. The lowest BCUT2D eigenvalue weighted by Crippen LogP contribution is -2.14. The monoisotopic (exact) mass is 234 g/mol. The molecule has 17 heavy (non-hydrogen) atoms. The van der Waals surface area contributed by atoms with Crippen molar-refractivity contribution in [2.75, 3.05) is 11.9 Å². The summed E-state index contributed by atoms with van der Waals surface area (Å²) >= 11 is 0. The van der Waals surface area contributed by atoms with Gasteiger partial charge < -0.3 is 10.4 Å². The molecular weight excluding hydrogens is 216 g/mol. The van der Waals surface area contributed by atoms with E-state index in [1.165, 1.54) is 31.9 Å². The number of nitrogens with one attached hydrogen (secondary N) is 1. The molecule has 1 heterocycles. The highest BCUT2D eigenvalue weighted by atomic mass is 16.4. The van der Waals surface area contributed by atoms with Crippen LogP contribution in [0.4, 0.5) is 5.69 Å². The van der Waals surface area contributed by atoms with Crippen molar-refractivity contribution in [2.45, 2.75) is 32.6 Å². The van der Waals surface area contributed by atoms with Gasteiger partial charge in [-0.1, -0.05) is 12.8 Å². The number of carboxylic acids is 1. The molecule has 1 aliphatic rings. The Bertz CT molecular complexity index is 412. The van der Waals surface area contributed by atoms with E-state index in [4.69, 9.17) is 5.11 Å². The normalized spacial score (nSPS) is 16.1. The van der Waals surface area contributed by atoms with Crippen molar-refractivity contribution in [3.8, 4) is 0 Å². The molecular formula is C13H18N2O2. The molecule has 4 heteroatoms. The zero-order valence-electron chi connectivity index (χ0n) is 10.1. The molecule has 0 aromatic carbocycles. The average molecular weight is 234 g/mol. The van der Waals surface area contributed by atoms with Crippen molar-refractivity contribution in [3.63, 3.8) is 0 Å². The Morgan fingerprint density at radius 3 is 2.88 bits per heavy atom. The Kier molecular flexibility index (Phi) is 3.61. The van der Waals surface area contributed by atoms with Gasteiger partial charge in [-0.3, -0.25) is 4.98 Å². The van der Waals surface area contributed by atoms with Crippen LogP contribution in [0.1, 0.15) is 41.7 Å². The molecule has 1 aromatic heterocycles. The van der Waals surface area contributed by atoms with Crippen LogP contribution in [-0.4, -0.2) is 22.6 Å². The fraction of sp³-hybridized carbons (Fsp3) is 0.538. The summed E-state index contributed by atoms with van der Waals surface area (Å²) in [5.41, 5.74) is 1.79. The van der Waals surface area contributed by atoms with Gasteiger partial charge in [0.25, 0.3) is 0 Å². The summed E-state index contributed by atoms with van der Waals surface area (Å²) in [6, 6.07) is 1.80. The number of aromatic carboxylic acids is 1. The molecule has 0 saturated heterocycles. The lowest BCUT2D eigenvalue weighted by Gasteiger charge is -2.13. The van der Waals surface area contributed by atoms with Gasteiger partial charge in [-0.15, -0.1) is 0 Å². The van der Waals surface area contributed by atoms with Gasteiger partial charge in [0.1, 0.15) is 5.56 Å². The summed E-state index contributed by atoms with van der Waals surface area (Å²) in [5, 5.41) is 12.3. The van der Waals surface area contributed by atoms with Crippen LogP contribution >= 0.6 is 0 Å². The second-order valence-electron chi connectivity index (χ2n) is 4.71. The molecule has 0 bridgehead atoms. The minimum atomic E-state index is -0.925. The zero-order chi connectivity index (χ0) is 12.3. The van der Waals surface area contributed by atoms with E-state index in [-0.39, 0.29) is 5.56 Å². The first-order valence-electron chi connectivity index (χ1n) is 6.10. The third-order valence-corrected chi connectivity index (χ3v) is 3.33. The first-order chi connectivity index (χ1) is 8.16. The number of aryl methyl sites for hydroxylation is 1. The molecule has 0 radical (unpaired) electrons. The summed E-state index contributed by atoms with van der Waals surface area (Å²) < 4.78 is 0. The van der Waals surface area contributed by atoms with Gasteiger partial charge >= 0.3 is 5.97 Å². The Morgan fingerprint density at radius 2 is 2.24 bits per heavy atom. The highest BCUT2D eigenvalue weighted by Gasteiger charge is 2.16. The van der Waals surface area contributed by atoms with Crippen LogP contribution in [0.5, 0.6) is 0 Å².